The van der Waals surface area contributed by atoms with E-state index in [0.29, 0.717) is 5.02 Å². The first kappa shape index (κ1) is 12.9. The fraction of sp³-hybridized carbons (Fsp3) is 0.125. The zero-order valence-electron chi connectivity index (χ0n) is 11.0. The number of hydrogen-bond donors (Lipinski definition) is 0. The zero-order valence-corrected chi connectivity index (χ0v) is 11.7. The Morgan fingerprint density at radius 1 is 1.20 bits per heavy atom. The molecular formula is C16H13ClN2O. The van der Waals surface area contributed by atoms with Crippen LogP contribution in [0.3, 0.4) is 0 Å². The van der Waals surface area contributed by atoms with Gasteiger partial charge in [0.1, 0.15) is 5.92 Å². The van der Waals surface area contributed by atoms with Gasteiger partial charge in [-0.1, -0.05) is 35.9 Å². The van der Waals surface area contributed by atoms with E-state index in [1.165, 1.54) is 0 Å². The van der Waals surface area contributed by atoms with E-state index in [-0.39, 0.29) is 11.8 Å². The van der Waals surface area contributed by atoms with Crippen LogP contribution in [0.5, 0.6) is 0 Å². The Bertz CT molecular complexity index is 696. The minimum Gasteiger partial charge on any atom is -0.300 e. The molecule has 1 amide bonds. The van der Waals surface area contributed by atoms with Gasteiger partial charge < -0.3 is 0 Å². The van der Waals surface area contributed by atoms with Crippen molar-refractivity contribution < 1.29 is 4.79 Å². The van der Waals surface area contributed by atoms with E-state index in [1.54, 1.807) is 30.3 Å². The van der Waals surface area contributed by atoms with Crippen LogP contribution in [0.25, 0.3) is 0 Å². The lowest BCUT2D eigenvalue weighted by Crippen LogP contribution is -2.24. The van der Waals surface area contributed by atoms with Crippen LogP contribution < -0.4 is 4.90 Å². The molecule has 0 spiro atoms. The van der Waals surface area contributed by atoms with E-state index in [2.05, 4.69) is 4.99 Å². The Labute approximate surface area is 122 Å². The summed E-state index contributed by atoms with van der Waals surface area (Å²) in [7, 11) is 1.68. The number of para-hydroxylation sites is 1. The van der Waals surface area contributed by atoms with Crippen molar-refractivity contribution in [1.82, 2.24) is 0 Å². The summed E-state index contributed by atoms with van der Waals surface area (Å²) in [6.45, 7) is 0. The van der Waals surface area contributed by atoms with Gasteiger partial charge >= 0.3 is 0 Å². The van der Waals surface area contributed by atoms with E-state index >= 15 is 0 Å². The van der Waals surface area contributed by atoms with Gasteiger partial charge in [0.05, 0.1) is 11.4 Å². The molecule has 0 fully saturated rings. The number of nitrogens with zero attached hydrogens (tertiary/aromatic N) is 2. The standard InChI is InChI=1S/C16H13ClN2O/c1-18-10-14-13-7-2-3-8-15(13)19(16(14)20)12-6-4-5-11(17)9-12/h2-10,14H,1H3. The molecule has 2 aromatic carbocycles. The van der Waals surface area contributed by atoms with Crippen LogP contribution in [-0.4, -0.2) is 19.2 Å². The highest BCUT2D eigenvalue weighted by Crippen LogP contribution is 2.41. The lowest BCUT2D eigenvalue weighted by atomic mass is 10.0. The summed E-state index contributed by atoms with van der Waals surface area (Å²) in [5, 5.41) is 0.611. The Hall–Kier alpha value is -2.13. The SMILES string of the molecule is CN=CC1C(=O)N(c2cccc(Cl)c2)c2ccccc21. The predicted octanol–water partition coefficient (Wildman–Crippen LogP) is 3.80. The normalized spacial score (nSPS) is 17.8. The van der Waals surface area contributed by atoms with E-state index < -0.39 is 0 Å². The number of halogens is 1. The van der Waals surface area contributed by atoms with E-state index in [0.717, 1.165) is 16.9 Å². The third-order valence-corrected chi connectivity index (χ3v) is 3.60. The zero-order chi connectivity index (χ0) is 14.1. The van der Waals surface area contributed by atoms with Crippen LogP contribution in [0.4, 0.5) is 11.4 Å². The highest BCUT2D eigenvalue weighted by atomic mass is 35.5. The van der Waals surface area contributed by atoms with Gasteiger partial charge in [-0.2, -0.15) is 0 Å². The second kappa shape index (κ2) is 5.10. The number of carbonyl (C=O) groups is 1. The van der Waals surface area contributed by atoms with Crippen molar-refractivity contribution in [3.05, 3.63) is 59.1 Å². The smallest absolute Gasteiger partial charge is 0.244 e. The first-order valence-electron chi connectivity index (χ1n) is 6.33. The molecule has 2 aromatic rings. The minimum atomic E-state index is -0.324. The Morgan fingerprint density at radius 2 is 2.00 bits per heavy atom. The fourth-order valence-electron chi connectivity index (χ4n) is 2.52. The molecule has 1 unspecified atom stereocenters. The van der Waals surface area contributed by atoms with Crippen molar-refractivity contribution in [2.75, 3.05) is 11.9 Å². The second-order valence-electron chi connectivity index (χ2n) is 4.60. The van der Waals surface area contributed by atoms with Crippen molar-refractivity contribution in [3.8, 4) is 0 Å². The van der Waals surface area contributed by atoms with E-state index in [9.17, 15) is 4.79 Å². The molecule has 1 heterocycles. The molecule has 3 rings (SSSR count). The molecule has 0 aromatic heterocycles. The van der Waals surface area contributed by atoms with Crippen molar-refractivity contribution >= 4 is 35.1 Å². The van der Waals surface area contributed by atoms with Crippen molar-refractivity contribution in [2.24, 2.45) is 4.99 Å². The maximum Gasteiger partial charge on any atom is 0.244 e. The molecule has 0 radical (unpaired) electrons. The molecule has 0 bridgehead atoms. The molecule has 20 heavy (non-hydrogen) atoms. The highest BCUT2D eigenvalue weighted by molar-refractivity contribution is 6.31. The Balaban J connectivity index is 2.15. The lowest BCUT2D eigenvalue weighted by molar-refractivity contribution is -0.117. The molecule has 1 aliphatic rings. The quantitative estimate of drug-likeness (QED) is 0.772. The average molecular weight is 285 g/mol. The summed E-state index contributed by atoms with van der Waals surface area (Å²) >= 11 is 6.03. The summed E-state index contributed by atoms with van der Waals surface area (Å²) in [6.07, 6.45) is 1.69. The largest absolute Gasteiger partial charge is 0.300 e. The van der Waals surface area contributed by atoms with Crippen molar-refractivity contribution in [1.29, 1.82) is 0 Å². The number of benzene rings is 2. The Kier molecular flexibility index (Phi) is 3.28. The van der Waals surface area contributed by atoms with Gasteiger partial charge in [-0.25, -0.2) is 0 Å². The van der Waals surface area contributed by atoms with Crippen LogP contribution in [0.1, 0.15) is 11.5 Å². The van der Waals surface area contributed by atoms with Gasteiger partial charge in [-0.15, -0.1) is 0 Å². The molecule has 1 aliphatic heterocycles. The first-order chi connectivity index (χ1) is 9.72. The third kappa shape index (κ3) is 2.00. The molecule has 0 aliphatic carbocycles. The number of fused-ring (bicyclic) bond motifs is 1. The van der Waals surface area contributed by atoms with Gasteiger partial charge in [0.2, 0.25) is 5.91 Å². The third-order valence-electron chi connectivity index (χ3n) is 3.36. The molecular weight excluding hydrogens is 272 g/mol. The summed E-state index contributed by atoms with van der Waals surface area (Å²) in [6, 6.07) is 15.1. The fourth-order valence-corrected chi connectivity index (χ4v) is 2.70. The lowest BCUT2D eigenvalue weighted by Gasteiger charge is -2.18. The van der Waals surface area contributed by atoms with Gasteiger partial charge in [-0.05, 0) is 29.8 Å². The first-order valence-corrected chi connectivity index (χ1v) is 6.71. The van der Waals surface area contributed by atoms with Crippen LogP contribution in [-0.2, 0) is 4.79 Å². The van der Waals surface area contributed by atoms with Gasteiger partial charge in [-0.3, -0.25) is 14.7 Å². The molecule has 0 N–H and O–H groups in total. The number of rotatable bonds is 2. The Morgan fingerprint density at radius 3 is 2.75 bits per heavy atom. The molecule has 0 saturated carbocycles. The predicted molar refractivity (Wildman–Crippen MR) is 82.2 cm³/mol. The average Bonchev–Trinajstić information content (AvgIpc) is 2.72. The molecule has 3 nitrogen and oxygen atoms in total. The number of anilines is 2. The number of aliphatic imine (C=N–C) groups is 1. The van der Waals surface area contributed by atoms with Crippen molar-refractivity contribution in [2.45, 2.75) is 5.92 Å². The highest BCUT2D eigenvalue weighted by Gasteiger charge is 2.36. The summed E-state index contributed by atoms with van der Waals surface area (Å²) in [5.74, 6) is -0.325. The summed E-state index contributed by atoms with van der Waals surface area (Å²) in [5.41, 5.74) is 2.65. The number of carbonyl (C=O) groups excluding carboxylic acids is 1. The van der Waals surface area contributed by atoms with Gasteiger partial charge in [0.25, 0.3) is 0 Å². The summed E-state index contributed by atoms with van der Waals surface area (Å²) in [4.78, 5) is 18.4. The topological polar surface area (TPSA) is 32.7 Å². The van der Waals surface area contributed by atoms with Gasteiger partial charge in [0, 0.05) is 18.3 Å². The van der Waals surface area contributed by atoms with Gasteiger partial charge in [0.15, 0.2) is 0 Å². The van der Waals surface area contributed by atoms with Crippen LogP contribution in [0.2, 0.25) is 5.02 Å². The van der Waals surface area contributed by atoms with Crippen LogP contribution in [0, 0.1) is 0 Å². The van der Waals surface area contributed by atoms with E-state index in [4.69, 9.17) is 11.6 Å². The number of hydrogen-bond acceptors (Lipinski definition) is 2. The molecule has 100 valence electrons. The summed E-state index contributed by atoms with van der Waals surface area (Å²) < 4.78 is 0. The monoisotopic (exact) mass is 284 g/mol. The molecule has 4 heteroatoms. The maximum absolute atomic E-state index is 12.7. The second-order valence-corrected chi connectivity index (χ2v) is 5.03. The molecule has 0 saturated heterocycles. The maximum atomic E-state index is 12.7. The molecule has 1 atom stereocenters. The van der Waals surface area contributed by atoms with E-state index in [1.807, 2.05) is 36.4 Å². The van der Waals surface area contributed by atoms with Crippen molar-refractivity contribution in [3.63, 3.8) is 0 Å². The van der Waals surface area contributed by atoms with Crippen LogP contribution >= 0.6 is 11.6 Å². The van der Waals surface area contributed by atoms with Crippen LogP contribution in [0.15, 0.2) is 53.5 Å². The minimum absolute atomic E-state index is 0.000864. The number of amides is 1.